The summed E-state index contributed by atoms with van der Waals surface area (Å²) in [6.07, 6.45) is 0.935. The summed E-state index contributed by atoms with van der Waals surface area (Å²) in [5, 5.41) is 6.08. The Kier molecular flexibility index (Phi) is 6.63. The third kappa shape index (κ3) is 3.95. The summed E-state index contributed by atoms with van der Waals surface area (Å²) in [4.78, 5) is 14.0. The van der Waals surface area contributed by atoms with E-state index in [1.165, 1.54) is 10.4 Å². The molecule has 4 nitrogen and oxygen atoms in total. The Hall–Kier alpha value is -0.620. The van der Waals surface area contributed by atoms with Gasteiger partial charge in [0.2, 0.25) is 0 Å². The highest BCUT2D eigenvalue weighted by atomic mass is 35.5. The van der Waals surface area contributed by atoms with Gasteiger partial charge in [0.05, 0.1) is 18.1 Å². The highest BCUT2D eigenvalue weighted by Gasteiger charge is 2.17. The van der Waals surface area contributed by atoms with Crippen LogP contribution in [0.5, 0.6) is 0 Å². The van der Waals surface area contributed by atoms with Crippen molar-refractivity contribution in [2.24, 2.45) is 0 Å². The van der Waals surface area contributed by atoms with E-state index in [-0.39, 0.29) is 18.3 Å². The molecule has 0 atom stereocenters. The summed E-state index contributed by atoms with van der Waals surface area (Å²) < 4.78 is 5.37. The molecule has 1 aromatic rings. The molecule has 18 heavy (non-hydrogen) atoms. The number of likely N-dealkylation sites (N-methyl/N-ethyl adjacent to an activating group) is 1. The van der Waals surface area contributed by atoms with Crippen molar-refractivity contribution >= 4 is 29.7 Å². The molecule has 0 unspecified atom stereocenters. The SMILES string of the molecule is CCNCCNC(=O)c1cc2c(s1)CCOC2.Cl. The van der Waals surface area contributed by atoms with Gasteiger partial charge < -0.3 is 15.4 Å². The Morgan fingerprint density at radius 2 is 2.33 bits per heavy atom. The number of fused-ring (bicyclic) bond motifs is 1. The molecule has 0 bridgehead atoms. The number of amides is 1. The summed E-state index contributed by atoms with van der Waals surface area (Å²) in [6.45, 7) is 5.89. The monoisotopic (exact) mass is 290 g/mol. The third-order valence-electron chi connectivity index (χ3n) is 2.69. The first-order valence-electron chi connectivity index (χ1n) is 5.99. The molecule has 1 aliphatic heterocycles. The van der Waals surface area contributed by atoms with Crippen molar-refractivity contribution in [2.75, 3.05) is 26.2 Å². The summed E-state index contributed by atoms with van der Waals surface area (Å²) in [5.74, 6) is 0.0299. The van der Waals surface area contributed by atoms with Gasteiger partial charge in [-0.1, -0.05) is 6.92 Å². The Morgan fingerprint density at radius 3 is 3.06 bits per heavy atom. The van der Waals surface area contributed by atoms with Crippen molar-refractivity contribution in [3.8, 4) is 0 Å². The van der Waals surface area contributed by atoms with E-state index < -0.39 is 0 Å². The molecule has 0 aliphatic carbocycles. The normalized spacial score (nSPS) is 13.6. The Morgan fingerprint density at radius 1 is 1.50 bits per heavy atom. The van der Waals surface area contributed by atoms with Gasteiger partial charge in [-0.3, -0.25) is 4.79 Å². The molecule has 0 fully saturated rings. The molecule has 2 N–H and O–H groups in total. The van der Waals surface area contributed by atoms with Crippen LogP contribution < -0.4 is 10.6 Å². The fourth-order valence-corrected chi connectivity index (χ4v) is 2.85. The second-order valence-electron chi connectivity index (χ2n) is 3.97. The number of nitrogens with one attached hydrogen (secondary N) is 2. The van der Waals surface area contributed by atoms with Crippen LogP contribution in [0.25, 0.3) is 0 Å². The van der Waals surface area contributed by atoms with Gasteiger partial charge in [-0.2, -0.15) is 0 Å². The first-order chi connectivity index (χ1) is 8.31. The van der Waals surface area contributed by atoms with Gasteiger partial charge in [0.25, 0.3) is 5.91 Å². The highest BCUT2D eigenvalue weighted by Crippen LogP contribution is 2.26. The third-order valence-corrected chi connectivity index (χ3v) is 3.92. The van der Waals surface area contributed by atoms with Gasteiger partial charge in [-0.25, -0.2) is 0 Å². The van der Waals surface area contributed by atoms with Crippen molar-refractivity contribution in [3.63, 3.8) is 0 Å². The standard InChI is InChI=1S/C12H18N2O2S.ClH/c1-2-13-4-5-14-12(15)11-7-9-8-16-6-3-10(9)17-11;/h7,13H,2-6,8H2,1H3,(H,14,15);1H. The number of thiophene rings is 1. The van der Waals surface area contributed by atoms with E-state index in [4.69, 9.17) is 4.74 Å². The van der Waals surface area contributed by atoms with Crippen LogP contribution in [0, 0.1) is 0 Å². The molecule has 1 aliphatic rings. The molecule has 2 rings (SSSR count). The molecule has 2 heterocycles. The maximum atomic E-state index is 11.9. The zero-order chi connectivity index (χ0) is 12.1. The van der Waals surface area contributed by atoms with E-state index >= 15 is 0 Å². The van der Waals surface area contributed by atoms with Crippen LogP contribution in [-0.2, 0) is 17.8 Å². The number of rotatable bonds is 5. The molecule has 1 amide bonds. The molecule has 102 valence electrons. The topological polar surface area (TPSA) is 50.4 Å². The van der Waals surface area contributed by atoms with Crippen LogP contribution in [0.15, 0.2) is 6.07 Å². The lowest BCUT2D eigenvalue weighted by Crippen LogP contribution is -2.31. The second kappa shape index (κ2) is 7.74. The largest absolute Gasteiger partial charge is 0.376 e. The number of carbonyl (C=O) groups excluding carboxylic acids is 1. The van der Waals surface area contributed by atoms with Crippen LogP contribution in [0.3, 0.4) is 0 Å². The quantitative estimate of drug-likeness (QED) is 0.810. The van der Waals surface area contributed by atoms with Crippen molar-refractivity contribution in [3.05, 3.63) is 21.4 Å². The van der Waals surface area contributed by atoms with Crippen LogP contribution in [0.1, 0.15) is 27.0 Å². The van der Waals surface area contributed by atoms with E-state index in [1.807, 2.05) is 6.07 Å². The number of halogens is 1. The molecule has 6 heteroatoms. The van der Waals surface area contributed by atoms with E-state index in [2.05, 4.69) is 17.6 Å². The molecule has 0 aromatic carbocycles. The number of carbonyl (C=O) groups is 1. The van der Waals surface area contributed by atoms with Crippen LogP contribution in [-0.4, -0.2) is 32.1 Å². The Bertz CT molecular complexity index is 372. The fourth-order valence-electron chi connectivity index (χ4n) is 1.79. The minimum atomic E-state index is 0. The lowest BCUT2D eigenvalue weighted by molar-refractivity contribution is 0.0957. The smallest absolute Gasteiger partial charge is 0.261 e. The second-order valence-corrected chi connectivity index (χ2v) is 5.11. The lowest BCUT2D eigenvalue weighted by atomic mass is 10.2. The van der Waals surface area contributed by atoms with Gasteiger partial charge >= 0.3 is 0 Å². The van der Waals surface area contributed by atoms with Gasteiger partial charge in [-0.05, 0) is 18.2 Å². The number of ether oxygens (including phenoxy) is 1. The van der Waals surface area contributed by atoms with Gasteiger partial charge in [0.1, 0.15) is 0 Å². The van der Waals surface area contributed by atoms with Gasteiger partial charge in [-0.15, -0.1) is 23.7 Å². The first-order valence-corrected chi connectivity index (χ1v) is 6.81. The summed E-state index contributed by atoms with van der Waals surface area (Å²) in [7, 11) is 0. The molecule has 0 radical (unpaired) electrons. The minimum Gasteiger partial charge on any atom is -0.376 e. The van der Waals surface area contributed by atoms with Crippen LogP contribution in [0.2, 0.25) is 0 Å². The number of hydrogen-bond donors (Lipinski definition) is 2. The zero-order valence-electron chi connectivity index (χ0n) is 10.5. The van der Waals surface area contributed by atoms with Gasteiger partial charge in [0.15, 0.2) is 0 Å². The van der Waals surface area contributed by atoms with Gasteiger partial charge in [0, 0.05) is 24.4 Å². The maximum Gasteiger partial charge on any atom is 0.261 e. The van der Waals surface area contributed by atoms with Crippen molar-refractivity contribution in [1.29, 1.82) is 0 Å². The van der Waals surface area contributed by atoms with E-state index in [0.717, 1.165) is 31.0 Å². The van der Waals surface area contributed by atoms with Crippen molar-refractivity contribution in [1.82, 2.24) is 10.6 Å². The predicted octanol–water partition coefficient (Wildman–Crippen LogP) is 1.58. The Balaban J connectivity index is 0.00000162. The van der Waals surface area contributed by atoms with Crippen molar-refractivity contribution < 1.29 is 9.53 Å². The zero-order valence-corrected chi connectivity index (χ0v) is 12.1. The molecular weight excluding hydrogens is 272 g/mol. The van der Waals surface area contributed by atoms with Crippen LogP contribution >= 0.6 is 23.7 Å². The minimum absolute atomic E-state index is 0. The molecule has 0 saturated carbocycles. The predicted molar refractivity (Wildman–Crippen MR) is 75.8 cm³/mol. The molecule has 1 aromatic heterocycles. The average Bonchev–Trinajstić information content (AvgIpc) is 2.78. The average molecular weight is 291 g/mol. The maximum absolute atomic E-state index is 11.9. The fraction of sp³-hybridized carbons (Fsp3) is 0.583. The first kappa shape index (κ1) is 15.4. The number of hydrogen-bond acceptors (Lipinski definition) is 4. The van der Waals surface area contributed by atoms with E-state index in [0.29, 0.717) is 13.2 Å². The Labute approximate surface area is 118 Å². The molecule has 0 spiro atoms. The lowest BCUT2D eigenvalue weighted by Gasteiger charge is -2.10. The molecular formula is C12H19ClN2O2S. The highest BCUT2D eigenvalue weighted by molar-refractivity contribution is 7.14. The van der Waals surface area contributed by atoms with Crippen molar-refractivity contribution in [2.45, 2.75) is 20.0 Å². The summed E-state index contributed by atoms with van der Waals surface area (Å²) >= 11 is 1.59. The molecule has 0 saturated heterocycles. The summed E-state index contributed by atoms with van der Waals surface area (Å²) in [5.41, 5.74) is 1.18. The van der Waals surface area contributed by atoms with Crippen LogP contribution in [0.4, 0.5) is 0 Å². The summed E-state index contributed by atoms with van der Waals surface area (Å²) in [6, 6.07) is 1.96. The van der Waals surface area contributed by atoms with E-state index in [1.54, 1.807) is 11.3 Å². The van der Waals surface area contributed by atoms with E-state index in [9.17, 15) is 4.79 Å².